The third-order valence-corrected chi connectivity index (χ3v) is 4.02. The second-order valence-corrected chi connectivity index (χ2v) is 6.12. The molecule has 4 aromatic heterocycles. The fourth-order valence-corrected chi connectivity index (χ4v) is 2.61. The van der Waals surface area contributed by atoms with Crippen LogP contribution in [0.2, 0.25) is 0 Å². The summed E-state index contributed by atoms with van der Waals surface area (Å²) in [7, 11) is 0. The smallest absolute Gasteiger partial charge is 0.267 e. The number of hydrogen-bond acceptors (Lipinski definition) is 8. The van der Waals surface area contributed by atoms with Gasteiger partial charge in [0.2, 0.25) is 11.8 Å². The first-order valence-corrected chi connectivity index (χ1v) is 9.08. The van der Waals surface area contributed by atoms with Gasteiger partial charge in [0.1, 0.15) is 24.5 Å². The molecule has 1 N–H and O–H groups in total. The van der Waals surface area contributed by atoms with Crippen molar-refractivity contribution in [1.82, 2.24) is 25.3 Å². The van der Waals surface area contributed by atoms with Crippen LogP contribution in [0.15, 0.2) is 74.7 Å². The Hall–Kier alpha value is -4.21. The predicted octanol–water partition coefficient (Wildman–Crippen LogP) is 1.75. The Labute approximate surface area is 170 Å². The van der Waals surface area contributed by atoms with Crippen LogP contribution in [0.1, 0.15) is 0 Å². The highest BCUT2D eigenvalue weighted by atomic mass is 16.5. The summed E-state index contributed by atoms with van der Waals surface area (Å²) < 4.78 is 17.0. The number of carbonyl (C=O) groups is 1. The summed E-state index contributed by atoms with van der Waals surface area (Å²) >= 11 is 0. The number of carbonyl (C=O) groups excluding carboxylic acids is 1. The first-order chi connectivity index (χ1) is 14.7. The van der Waals surface area contributed by atoms with E-state index in [9.17, 15) is 9.59 Å². The van der Waals surface area contributed by atoms with Crippen molar-refractivity contribution in [3.05, 3.63) is 71.4 Å². The van der Waals surface area contributed by atoms with Crippen LogP contribution in [0.4, 0.5) is 0 Å². The highest BCUT2D eigenvalue weighted by Gasteiger charge is 2.09. The first kappa shape index (κ1) is 19.1. The largest absolute Gasteiger partial charge is 0.475 e. The van der Waals surface area contributed by atoms with Crippen molar-refractivity contribution in [2.24, 2.45) is 0 Å². The number of amides is 1. The van der Waals surface area contributed by atoms with Crippen molar-refractivity contribution < 1.29 is 18.4 Å². The Kier molecular flexibility index (Phi) is 5.65. The summed E-state index contributed by atoms with van der Waals surface area (Å²) in [6.07, 6.45) is 3.06. The van der Waals surface area contributed by atoms with Gasteiger partial charge in [-0.1, -0.05) is 0 Å². The van der Waals surface area contributed by atoms with Gasteiger partial charge in [-0.3, -0.25) is 9.59 Å². The molecular formula is C20H17N5O5. The minimum absolute atomic E-state index is 0.190. The molecule has 0 aliphatic carbocycles. The van der Waals surface area contributed by atoms with E-state index in [4.69, 9.17) is 13.6 Å². The maximum atomic E-state index is 12.1. The van der Waals surface area contributed by atoms with Crippen molar-refractivity contribution in [3.8, 4) is 28.8 Å². The summed E-state index contributed by atoms with van der Waals surface area (Å²) in [6.45, 7) is 0.202. The molecule has 0 aromatic carbocycles. The molecule has 0 saturated carbocycles. The van der Waals surface area contributed by atoms with Crippen LogP contribution in [-0.4, -0.2) is 39.0 Å². The predicted molar refractivity (Wildman–Crippen MR) is 104 cm³/mol. The van der Waals surface area contributed by atoms with Gasteiger partial charge in [0, 0.05) is 12.1 Å². The highest BCUT2D eigenvalue weighted by molar-refractivity contribution is 5.75. The van der Waals surface area contributed by atoms with Gasteiger partial charge in [-0.15, -0.1) is 10.2 Å². The van der Waals surface area contributed by atoms with Gasteiger partial charge in [-0.2, -0.15) is 5.10 Å². The third kappa shape index (κ3) is 4.61. The van der Waals surface area contributed by atoms with E-state index in [0.717, 1.165) is 4.68 Å². The van der Waals surface area contributed by atoms with Crippen LogP contribution in [0.5, 0.6) is 5.88 Å². The van der Waals surface area contributed by atoms with E-state index in [2.05, 4.69) is 20.6 Å². The van der Waals surface area contributed by atoms with Crippen LogP contribution in [-0.2, 0) is 11.3 Å². The van der Waals surface area contributed by atoms with Crippen LogP contribution in [0.3, 0.4) is 0 Å². The van der Waals surface area contributed by atoms with Crippen molar-refractivity contribution >= 4 is 5.91 Å². The molecule has 0 aliphatic heterocycles. The van der Waals surface area contributed by atoms with Gasteiger partial charge < -0.3 is 18.9 Å². The second kappa shape index (κ2) is 8.86. The molecule has 0 bridgehead atoms. The van der Waals surface area contributed by atoms with E-state index in [1.807, 2.05) is 0 Å². The number of ether oxygens (including phenoxy) is 1. The molecular weight excluding hydrogens is 390 g/mol. The van der Waals surface area contributed by atoms with E-state index < -0.39 is 0 Å². The lowest BCUT2D eigenvalue weighted by atomic mass is 10.3. The average Bonchev–Trinajstić information content (AvgIpc) is 3.48. The highest BCUT2D eigenvalue weighted by Crippen LogP contribution is 2.17. The molecule has 4 aromatic rings. The third-order valence-electron chi connectivity index (χ3n) is 4.02. The van der Waals surface area contributed by atoms with Gasteiger partial charge >= 0.3 is 0 Å². The number of nitrogens with one attached hydrogen (secondary N) is 1. The fourth-order valence-electron chi connectivity index (χ4n) is 2.61. The standard InChI is InChI=1S/C20H17N5O5/c26-18(13-25-20(27)8-6-15(24-25)17-4-2-11-29-17)21-9-12-30-19-7-5-14(22-23-19)16-3-1-10-28-16/h1-8,10-11H,9,12-13H2,(H,21,26). The number of nitrogens with zero attached hydrogens (tertiary/aromatic N) is 4. The molecule has 0 unspecified atom stereocenters. The van der Waals surface area contributed by atoms with Gasteiger partial charge in [-0.05, 0) is 36.4 Å². The van der Waals surface area contributed by atoms with E-state index in [0.29, 0.717) is 28.8 Å². The van der Waals surface area contributed by atoms with Gasteiger partial charge in [0.05, 0.1) is 19.1 Å². The SMILES string of the molecule is O=C(Cn1nc(-c2ccco2)ccc1=O)NCCOc1ccc(-c2ccco2)nn1. The molecule has 0 spiro atoms. The lowest BCUT2D eigenvalue weighted by Crippen LogP contribution is -2.35. The molecule has 152 valence electrons. The second-order valence-electron chi connectivity index (χ2n) is 6.12. The zero-order valence-electron chi connectivity index (χ0n) is 15.7. The van der Waals surface area contributed by atoms with Crippen LogP contribution < -0.4 is 15.6 Å². The molecule has 30 heavy (non-hydrogen) atoms. The molecule has 10 nitrogen and oxygen atoms in total. The molecule has 10 heteroatoms. The number of aromatic nitrogens is 4. The Bertz CT molecular complexity index is 1150. The minimum atomic E-state index is -0.386. The van der Waals surface area contributed by atoms with Crippen molar-refractivity contribution in [2.45, 2.75) is 6.54 Å². The molecule has 0 aliphatic rings. The lowest BCUT2D eigenvalue weighted by Gasteiger charge is -2.08. The van der Waals surface area contributed by atoms with Gasteiger partial charge in [0.15, 0.2) is 11.5 Å². The minimum Gasteiger partial charge on any atom is -0.475 e. The molecule has 1 amide bonds. The van der Waals surface area contributed by atoms with E-state index in [1.165, 1.54) is 12.3 Å². The van der Waals surface area contributed by atoms with E-state index in [-0.39, 0.29) is 31.2 Å². The Balaban J connectivity index is 1.25. The molecule has 4 heterocycles. The maximum absolute atomic E-state index is 12.1. The van der Waals surface area contributed by atoms with Gasteiger partial charge in [0.25, 0.3) is 5.56 Å². The number of rotatable bonds is 8. The molecule has 0 atom stereocenters. The van der Waals surface area contributed by atoms with Crippen molar-refractivity contribution in [3.63, 3.8) is 0 Å². The molecule has 0 fully saturated rings. The lowest BCUT2D eigenvalue weighted by molar-refractivity contribution is -0.122. The quantitative estimate of drug-likeness (QED) is 0.438. The Morgan fingerprint density at radius 1 is 0.967 bits per heavy atom. The summed E-state index contributed by atoms with van der Waals surface area (Å²) in [5.41, 5.74) is 0.673. The Morgan fingerprint density at radius 2 is 1.70 bits per heavy atom. The zero-order chi connectivity index (χ0) is 20.8. The monoisotopic (exact) mass is 407 g/mol. The molecule has 0 radical (unpaired) electrons. The molecule has 4 rings (SSSR count). The summed E-state index contributed by atoms with van der Waals surface area (Å²) in [4.78, 5) is 24.1. The number of furan rings is 2. The summed E-state index contributed by atoms with van der Waals surface area (Å²) in [5.74, 6) is 1.07. The van der Waals surface area contributed by atoms with Crippen LogP contribution in [0.25, 0.3) is 22.9 Å². The topological polar surface area (TPSA) is 125 Å². The average molecular weight is 407 g/mol. The number of hydrogen-bond donors (Lipinski definition) is 1. The zero-order valence-corrected chi connectivity index (χ0v) is 15.7. The fraction of sp³-hybridized carbons (Fsp3) is 0.150. The first-order valence-electron chi connectivity index (χ1n) is 9.08. The van der Waals surface area contributed by atoms with E-state index in [1.54, 1.807) is 48.7 Å². The Morgan fingerprint density at radius 3 is 2.37 bits per heavy atom. The van der Waals surface area contributed by atoms with Crippen molar-refractivity contribution in [1.29, 1.82) is 0 Å². The summed E-state index contributed by atoms with van der Waals surface area (Å²) in [5, 5.41) is 14.8. The van der Waals surface area contributed by atoms with E-state index >= 15 is 0 Å². The molecule has 0 saturated heterocycles. The van der Waals surface area contributed by atoms with Crippen molar-refractivity contribution in [2.75, 3.05) is 13.2 Å². The van der Waals surface area contributed by atoms with Gasteiger partial charge in [-0.25, -0.2) is 4.68 Å². The van der Waals surface area contributed by atoms with Crippen LogP contribution >= 0.6 is 0 Å². The van der Waals surface area contributed by atoms with Crippen LogP contribution in [0, 0.1) is 0 Å². The maximum Gasteiger partial charge on any atom is 0.267 e. The summed E-state index contributed by atoms with van der Waals surface area (Å²) in [6, 6.07) is 13.3. The normalized spacial score (nSPS) is 10.7.